The van der Waals surface area contributed by atoms with Crippen molar-refractivity contribution in [2.45, 2.75) is 32.4 Å². The molecule has 6 amide bonds. The maximum absolute atomic E-state index is 12.6. The molecule has 2 aromatic rings. The van der Waals surface area contributed by atoms with E-state index in [1.54, 1.807) is 43.9 Å². The number of hydrogen-bond acceptors (Lipinski definition) is 8. The van der Waals surface area contributed by atoms with Crippen molar-refractivity contribution >= 4 is 47.5 Å². The second-order valence-electron chi connectivity index (χ2n) is 12.0. The second-order valence-corrected chi connectivity index (χ2v) is 12.0. The van der Waals surface area contributed by atoms with Crippen molar-refractivity contribution < 1.29 is 28.7 Å². The summed E-state index contributed by atoms with van der Waals surface area (Å²) < 4.78 is 10.8. The Labute approximate surface area is 296 Å². The Bertz CT molecular complexity index is 1380. The summed E-state index contributed by atoms with van der Waals surface area (Å²) >= 11 is 0. The first-order valence-electron chi connectivity index (χ1n) is 16.9. The molecule has 2 heterocycles. The van der Waals surface area contributed by atoms with Gasteiger partial charge in [-0.2, -0.15) is 0 Å². The molecule has 18 nitrogen and oxygen atoms in total. The van der Waals surface area contributed by atoms with Gasteiger partial charge in [-0.3, -0.25) is 10.8 Å². The van der Waals surface area contributed by atoms with Gasteiger partial charge in [-0.25, -0.2) is 19.2 Å². The van der Waals surface area contributed by atoms with Crippen LogP contribution < -0.4 is 32.7 Å². The van der Waals surface area contributed by atoms with Gasteiger partial charge < -0.3 is 61.8 Å². The zero-order valence-electron chi connectivity index (χ0n) is 28.6. The van der Waals surface area contributed by atoms with Crippen LogP contribution in [0.1, 0.15) is 30.4 Å². The number of ether oxygens (including phenoxy) is 2. The summed E-state index contributed by atoms with van der Waals surface area (Å²) in [4.78, 5) is 56.6. The summed E-state index contributed by atoms with van der Waals surface area (Å²) in [5, 5.41) is 25.7. The van der Waals surface area contributed by atoms with Crippen LogP contribution >= 0.6 is 0 Å². The molecule has 2 fully saturated rings. The van der Waals surface area contributed by atoms with Crippen molar-refractivity contribution in [2.75, 3.05) is 76.2 Å². The van der Waals surface area contributed by atoms with Gasteiger partial charge in [0.05, 0.1) is 13.2 Å². The van der Waals surface area contributed by atoms with E-state index in [1.807, 2.05) is 24.3 Å². The third-order valence-electron chi connectivity index (χ3n) is 8.24. The van der Waals surface area contributed by atoms with E-state index in [2.05, 4.69) is 21.3 Å². The number of rotatable bonds is 12. The van der Waals surface area contributed by atoms with E-state index in [0.717, 1.165) is 11.1 Å². The summed E-state index contributed by atoms with van der Waals surface area (Å²) in [7, 11) is 0. The van der Waals surface area contributed by atoms with Crippen molar-refractivity contribution in [1.82, 2.24) is 30.2 Å². The van der Waals surface area contributed by atoms with Gasteiger partial charge in [0.25, 0.3) is 0 Å². The van der Waals surface area contributed by atoms with Crippen LogP contribution in [0.2, 0.25) is 0 Å². The molecule has 0 radical (unpaired) electrons. The molecule has 0 unspecified atom stereocenters. The molecular formula is C33H48N12O6. The molecule has 0 aliphatic carbocycles. The SMILES string of the molecule is N=C(N)Nc1ccc(CNC(=O)N2CCN(C(=O)OCCCCCOC(=O)N3CCN(C(=O)NCc4ccc(NC(=N)N)cc4)CC3)CC2)cc1. The molecular weight excluding hydrogens is 660 g/mol. The van der Waals surface area contributed by atoms with Crippen molar-refractivity contribution in [3.63, 3.8) is 0 Å². The number of nitrogens with one attached hydrogen (secondary N) is 6. The summed E-state index contributed by atoms with van der Waals surface area (Å²) in [5.41, 5.74) is 13.8. The van der Waals surface area contributed by atoms with E-state index in [-0.39, 0.29) is 37.2 Å². The lowest BCUT2D eigenvalue weighted by Gasteiger charge is -2.34. The van der Waals surface area contributed by atoms with Gasteiger partial charge in [0.15, 0.2) is 11.9 Å². The van der Waals surface area contributed by atoms with Crippen molar-refractivity contribution in [1.29, 1.82) is 10.8 Å². The zero-order chi connectivity index (χ0) is 36.6. The minimum absolute atomic E-state index is 0.147. The fourth-order valence-corrected chi connectivity index (χ4v) is 5.37. The van der Waals surface area contributed by atoms with E-state index in [1.165, 1.54) is 0 Å². The number of piperazine rings is 2. The average Bonchev–Trinajstić information content (AvgIpc) is 3.13. The van der Waals surface area contributed by atoms with Crippen molar-refractivity contribution in [3.8, 4) is 0 Å². The molecule has 2 aromatic carbocycles. The molecule has 2 aliphatic heterocycles. The number of carbonyl (C=O) groups excluding carboxylic acids is 4. The molecule has 51 heavy (non-hydrogen) atoms. The average molecular weight is 709 g/mol. The fraction of sp³-hybridized carbons (Fsp3) is 0.455. The smallest absolute Gasteiger partial charge is 0.409 e. The Hall–Kier alpha value is -5.94. The summed E-state index contributed by atoms with van der Waals surface area (Å²) in [6.07, 6.45) is 1.15. The minimum Gasteiger partial charge on any atom is -0.449 e. The maximum Gasteiger partial charge on any atom is 0.409 e. The van der Waals surface area contributed by atoms with E-state index < -0.39 is 12.2 Å². The molecule has 0 bridgehead atoms. The normalized spacial score (nSPS) is 14.3. The van der Waals surface area contributed by atoms with Gasteiger partial charge in [0, 0.05) is 76.8 Å². The highest BCUT2D eigenvalue weighted by Crippen LogP contribution is 2.12. The topological polar surface area (TPSA) is 248 Å². The highest BCUT2D eigenvalue weighted by molar-refractivity contribution is 5.90. The number of carbonyl (C=O) groups is 4. The number of unbranched alkanes of at least 4 members (excludes halogenated alkanes) is 2. The lowest BCUT2D eigenvalue weighted by atomic mass is 10.2. The summed E-state index contributed by atoms with van der Waals surface area (Å²) in [5.74, 6) is -0.295. The lowest BCUT2D eigenvalue weighted by molar-refractivity contribution is 0.0759. The highest BCUT2D eigenvalue weighted by Gasteiger charge is 2.26. The van der Waals surface area contributed by atoms with Gasteiger partial charge in [0.1, 0.15) is 0 Å². The van der Waals surface area contributed by atoms with Crippen LogP contribution in [0.25, 0.3) is 0 Å². The highest BCUT2D eigenvalue weighted by atomic mass is 16.6. The standard InChI is InChI=1S/C33H48N12O6/c34-28(35)40-26-8-4-24(5-9-26)22-38-30(46)42-12-16-44(17-13-42)32(48)50-20-2-1-3-21-51-33(49)45-18-14-43(15-19-45)31(47)39-23-25-6-10-27(11-7-25)41-29(36)37/h4-11H,1-3,12-23H2,(H,38,46)(H,39,47)(H4,34,35,40)(H4,36,37,41). The Balaban J connectivity index is 0.991. The van der Waals surface area contributed by atoms with Crippen LogP contribution in [0.4, 0.5) is 30.6 Å². The van der Waals surface area contributed by atoms with Gasteiger partial charge in [0.2, 0.25) is 0 Å². The van der Waals surface area contributed by atoms with Crippen molar-refractivity contribution in [2.24, 2.45) is 11.5 Å². The van der Waals surface area contributed by atoms with E-state index in [4.69, 9.17) is 31.8 Å². The maximum atomic E-state index is 12.6. The molecule has 0 atom stereocenters. The molecule has 4 rings (SSSR count). The van der Waals surface area contributed by atoms with Crippen LogP contribution in [0.15, 0.2) is 48.5 Å². The molecule has 0 spiro atoms. The van der Waals surface area contributed by atoms with Crippen LogP contribution in [0.3, 0.4) is 0 Å². The van der Waals surface area contributed by atoms with Gasteiger partial charge in [-0.05, 0) is 54.7 Å². The van der Waals surface area contributed by atoms with E-state index >= 15 is 0 Å². The van der Waals surface area contributed by atoms with Crippen LogP contribution in [0, 0.1) is 10.8 Å². The Morgan fingerprint density at radius 1 is 0.549 bits per heavy atom. The zero-order valence-corrected chi connectivity index (χ0v) is 28.6. The number of anilines is 2. The number of guanidine groups is 2. The predicted molar refractivity (Wildman–Crippen MR) is 191 cm³/mol. The third-order valence-corrected chi connectivity index (χ3v) is 8.24. The quantitative estimate of drug-likeness (QED) is 0.0906. The van der Waals surface area contributed by atoms with Crippen LogP contribution in [-0.4, -0.2) is 121 Å². The second kappa shape index (κ2) is 19.3. The third kappa shape index (κ3) is 12.8. The molecule has 276 valence electrons. The van der Waals surface area contributed by atoms with Crippen LogP contribution in [-0.2, 0) is 22.6 Å². The van der Waals surface area contributed by atoms with E-state index in [9.17, 15) is 19.2 Å². The number of nitrogens with zero attached hydrogens (tertiary/aromatic N) is 4. The largest absolute Gasteiger partial charge is 0.449 e. The Morgan fingerprint density at radius 3 is 1.22 bits per heavy atom. The summed E-state index contributed by atoms with van der Waals surface area (Å²) in [6, 6.07) is 14.0. The molecule has 10 N–H and O–H groups in total. The summed E-state index contributed by atoms with van der Waals surface area (Å²) in [6.45, 7) is 4.29. The first kappa shape index (κ1) is 37.9. The Kier molecular flexibility index (Phi) is 14.3. The van der Waals surface area contributed by atoms with Crippen molar-refractivity contribution in [3.05, 3.63) is 59.7 Å². The first-order valence-corrected chi connectivity index (χ1v) is 16.9. The number of nitrogens with two attached hydrogens (primary N) is 2. The van der Waals surface area contributed by atoms with E-state index in [0.29, 0.717) is 96.1 Å². The van der Waals surface area contributed by atoms with Gasteiger partial charge in [-0.15, -0.1) is 0 Å². The van der Waals surface area contributed by atoms with Gasteiger partial charge >= 0.3 is 24.2 Å². The van der Waals surface area contributed by atoms with Gasteiger partial charge in [-0.1, -0.05) is 24.3 Å². The minimum atomic E-state index is -0.411. The number of hydrogen-bond donors (Lipinski definition) is 8. The molecule has 0 aromatic heterocycles. The monoisotopic (exact) mass is 708 g/mol. The number of amides is 6. The predicted octanol–water partition coefficient (Wildman–Crippen LogP) is 2.10. The number of urea groups is 2. The molecule has 0 saturated carbocycles. The molecule has 18 heteroatoms. The Morgan fingerprint density at radius 2 is 0.882 bits per heavy atom. The first-order chi connectivity index (χ1) is 24.6. The molecule has 2 aliphatic rings. The van der Waals surface area contributed by atoms with Crippen LogP contribution in [0.5, 0.6) is 0 Å². The number of benzene rings is 2. The lowest BCUT2D eigenvalue weighted by Crippen LogP contribution is -2.53. The fourth-order valence-electron chi connectivity index (χ4n) is 5.37. The molecule has 2 saturated heterocycles.